The van der Waals surface area contributed by atoms with Gasteiger partial charge >= 0.3 is 0 Å². The molecule has 2 heteroatoms. The van der Waals surface area contributed by atoms with Crippen LogP contribution in [0.15, 0.2) is 42.5 Å². The molecule has 0 bridgehead atoms. The van der Waals surface area contributed by atoms with Crippen molar-refractivity contribution in [2.24, 2.45) is 5.73 Å². The van der Waals surface area contributed by atoms with Crippen molar-refractivity contribution < 1.29 is 4.39 Å². The smallest absolute Gasteiger partial charge is 0.123 e. The van der Waals surface area contributed by atoms with Gasteiger partial charge in [-0.15, -0.1) is 0 Å². The van der Waals surface area contributed by atoms with Crippen molar-refractivity contribution in [1.82, 2.24) is 0 Å². The molecule has 0 aliphatic rings. The number of benzene rings is 2. The molecule has 0 saturated heterocycles. The third kappa shape index (κ3) is 3.92. The van der Waals surface area contributed by atoms with E-state index < -0.39 is 0 Å². The number of nitrogens with two attached hydrogens (primary N) is 1. The maximum atomic E-state index is 13.4. The van der Waals surface area contributed by atoms with E-state index in [0.29, 0.717) is 6.42 Å². The molecule has 0 heterocycles. The van der Waals surface area contributed by atoms with Gasteiger partial charge in [0.15, 0.2) is 0 Å². The lowest BCUT2D eigenvalue weighted by Gasteiger charge is -2.20. The lowest BCUT2D eigenvalue weighted by molar-refractivity contribution is 0.589. The molecule has 112 valence electrons. The molecule has 1 atom stereocenters. The van der Waals surface area contributed by atoms with E-state index in [2.05, 4.69) is 45.0 Å². The van der Waals surface area contributed by atoms with E-state index in [1.165, 1.54) is 17.2 Å². The zero-order chi connectivity index (χ0) is 15.6. The summed E-state index contributed by atoms with van der Waals surface area (Å²) in [5.74, 6) is -0.228. The zero-order valence-electron chi connectivity index (χ0n) is 13.3. The van der Waals surface area contributed by atoms with Crippen molar-refractivity contribution in [3.8, 4) is 0 Å². The molecule has 0 spiro atoms. The molecule has 0 aliphatic heterocycles. The molecular formula is C19H24FN. The first-order valence-corrected chi connectivity index (χ1v) is 7.38. The highest BCUT2D eigenvalue weighted by atomic mass is 19.1. The second-order valence-corrected chi connectivity index (χ2v) is 6.76. The Morgan fingerprint density at radius 1 is 1.05 bits per heavy atom. The normalized spacial score (nSPS) is 13.2. The third-order valence-electron chi connectivity index (χ3n) is 3.92. The molecule has 21 heavy (non-hydrogen) atoms. The van der Waals surface area contributed by atoms with Gasteiger partial charge < -0.3 is 5.73 Å². The highest BCUT2D eigenvalue weighted by molar-refractivity contribution is 5.32. The van der Waals surface area contributed by atoms with Crippen molar-refractivity contribution in [2.75, 3.05) is 0 Å². The van der Waals surface area contributed by atoms with Gasteiger partial charge in [-0.05, 0) is 53.1 Å². The van der Waals surface area contributed by atoms with Crippen LogP contribution >= 0.6 is 0 Å². The summed E-state index contributed by atoms with van der Waals surface area (Å²) < 4.78 is 13.4. The Morgan fingerprint density at radius 3 is 2.24 bits per heavy atom. The first-order valence-electron chi connectivity index (χ1n) is 7.38. The Hall–Kier alpha value is -1.67. The maximum absolute atomic E-state index is 13.4. The lowest BCUT2D eigenvalue weighted by Crippen LogP contribution is -2.15. The van der Waals surface area contributed by atoms with E-state index in [4.69, 9.17) is 5.73 Å². The minimum atomic E-state index is -0.228. The third-order valence-corrected chi connectivity index (χ3v) is 3.92. The van der Waals surface area contributed by atoms with E-state index in [9.17, 15) is 4.39 Å². The Labute approximate surface area is 127 Å². The molecule has 0 amide bonds. The van der Waals surface area contributed by atoms with E-state index in [-0.39, 0.29) is 17.3 Å². The number of rotatable bonds is 3. The van der Waals surface area contributed by atoms with Crippen molar-refractivity contribution in [3.05, 3.63) is 70.5 Å². The molecule has 2 rings (SSSR count). The fraction of sp³-hybridized carbons (Fsp3) is 0.368. The van der Waals surface area contributed by atoms with Gasteiger partial charge in [0.2, 0.25) is 0 Å². The van der Waals surface area contributed by atoms with Crippen molar-refractivity contribution in [3.63, 3.8) is 0 Å². The summed E-state index contributed by atoms with van der Waals surface area (Å²) in [7, 11) is 0. The SMILES string of the molecule is Cc1ccc(F)cc1C(N)Cc1ccc(C(C)(C)C)cc1. The maximum Gasteiger partial charge on any atom is 0.123 e. The van der Waals surface area contributed by atoms with Gasteiger partial charge in [0, 0.05) is 6.04 Å². The highest BCUT2D eigenvalue weighted by Crippen LogP contribution is 2.24. The molecular weight excluding hydrogens is 261 g/mol. The summed E-state index contributed by atoms with van der Waals surface area (Å²) in [5, 5.41) is 0. The molecule has 2 N–H and O–H groups in total. The van der Waals surface area contributed by atoms with Gasteiger partial charge in [0.1, 0.15) is 5.82 Å². The van der Waals surface area contributed by atoms with Crippen molar-refractivity contribution in [2.45, 2.75) is 45.6 Å². The van der Waals surface area contributed by atoms with E-state index in [1.807, 2.05) is 6.92 Å². The number of halogens is 1. The van der Waals surface area contributed by atoms with Gasteiger partial charge in [-0.2, -0.15) is 0 Å². The van der Waals surface area contributed by atoms with Crippen LogP contribution in [0.5, 0.6) is 0 Å². The average molecular weight is 285 g/mol. The molecule has 2 aromatic carbocycles. The van der Waals surface area contributed by atoms with Crippen molar-refractivity contribution in [1.29, 1.82) is 0 Å². The van der Waals surface area contributed by atoms with Crippen LogP contribution in [0.25, 0.3) is 0 Å². The Kier molecular flexibility index (Phi) is 4.48. The number of aryl methyl sites for hydroxylation is 1. The Morgan fingerprint density at radius 2 is 1.67 bits per heavy atom. The van der Waals surface area contributed by atoms with Crippen LogP contribution in [-0.4, -0.2) is 0 Å². The van der Waals surface area contributed by atoms with Crippen LogP contribution in [0.2, 0.25) is 0 Å². The molecule has 2 aromatic rings. The predicted molar refractivity (Wildman–Crippen MR) is 86.9 cm³/mol. The second-order valence-electron chi connectivity index (χ2n) is 6.76. The van der Waals surface area contributed by atoms with Gasteiger partial charge in [0.05, 0.1) is 0 Å². The minimum absolute atomic E-state index is 0.153. The average Bonchev–Trinajstić information content (AvgIpc) is 2.41. The first-order chi connectivity index (χ1) is 9.77. The first kappa shape index (κ1) is 15.7. The van der Waals surface area contributed by atoms with Crippen LogP contribution in [0.1, 0.15) is 49.1 Å². The fourth-order valence-electron chi connectivity index (χ4n) is 2.52. The summed E-state index contributed by atoms with van der Waals surface area (Å²) in [6.45, 7) is 8.56. The van der Waals surface area contributed by atoms with E-state index >= 15 is 0 Å². The zero-order valence-corrected chi connectivity index (χ0v) is 13.3. The largest absolute Gasteiger partial charge is 0.324 e. The van der Waals surface area contributed by atoms with Crippen LogP contribution in [-0.2, 0) is 11.8 Å². The van der Waals surface area contributed by atoms with E-state index in [0.717, 1.165) is 11.1 Å². The predicted octanol–water partition coefficient (Wildman–Crippen LogP) is 4.67. The number of hydrogen-bond donors (Lipinski definition) is 1. The second kappa shape index (κ2) is 5.98. The molecule has 0 aromatic heterocycles. The Bertz CT molecular complexity index is 608. The van der Waals surface area contributed by atoms with Crippen LogP contribution in [0.4, 0.5) is 4.39 Å². The van der Waals surface area contributed by atoms with Crippen LogP contribution < -0.4 is 5.73 Å². The van der Waals surface area contributed by atoms with Crippen molar-refractivity contribution >= 4 is 0 Å². The lowest BCUT2D eigenvalue weighted by atomic mass is 9.86. The van der Waals surface area contributed by atoms with Gasteiger partial charge in [0.25, 0.3) is 0 Å². The standard InChI is InChI=1S/C19H24FN/c1-13-5-10-16(20)12-17(13)18(21)11-14-6-8-15(9-7-14)19(2,3)4/h5-10,12,18H,11,21H2,1-4H3. The Balaban J connectivity index is 2.16. The number of hydrogen-bond acceptors (Lipinski definition) is 1. The van der Waals surface area contributed by atoms with E-state index in [1.54, 1.807) is 12.1 Å². The molecule has 0 aliphatic carbocycles. The van der Waals surface area contributed by atoms with Gasteiger partial charge in [-0.3, -0.25) is 0 Å². The molecule has 0 fully saturated rings. The van der Waals surface area contributed by atoms with Crippen LogP contribution in [0, 0.1) is 12.7 Å². The van der Waals surface area contributed by atoms with Gasteiger partial charge in [-0.25, -0.2) is 4.39 Å². The quantitative estimate of drug-likeness (QED) is 0.871. The monoisotopic (exact) mass is 285 g/mol. The minimum Gasteiger partial charge on any atom is -0.324 e. The van der Waals surface area contributed by atoms with Crippen LogP contribution in [0.3, 0.4) is 0 Å². The summed E-state index contributed by atoms with van der Waals surface area (Å²) in [6.07, 6.45) is 0.717. The summed E-state index contributed by atoms with van der Waals surface area (Å²) in [4.78, 5) is 0. The summed E-state index contributed by atoms with van der Waals surface area (Å²) in [5.41, 5.74) is 10.8. The summed E-state index contributed by atoms with van der Waals surface area (Å²) >= 11 is 0. The fourth-order valence-corrected chi connectivity index (χ4v) is 2.52. The topological polar surface area (TPSA) is 26.0 Å². The summed E-state index contributed by atoms with van der Waals surface area (Å²) in [6, 6.07) is 13.2. The molecule has 0 radical (unpaired) electrons. The molecule has 1 nitrogen and oxygen atoms in total. The molecule has 0 saturated carbocycles. The highest BCUT2D eigenvalue weighted by Gasteiger charge is 2.14. The molecule has 1 unspecified atom stereocenters. The van der Waals surface area contributed by atoms with Gasteiger partial charge in [-0.1, -0.05) is 51.1 Å².